The van der Waals surface area contributed by atoms with Gasteiger partial charge in [0.2, 0.25) is 0 Å². The number of unbranched alkanes of at least 4 members (excludes halogenated alkanes) is 1. The number of hydrogen-bond acceptors (Lipinski definition) is 4. The zero-order valence-corrected chi connectivity index (χ0v) is 21.0. The Hall–Kier alpha value is -1.24. The van der Waals surface area contributed by atoms with Crippen molar-refractivity contribution in [1.29, 1.82) is 0 Å². The fraction of sp³-hybridized carbons (Fsp3) is 0.909. The molecule has 0 fully saturated rings. The molecule has 0 spiro atoms. The van der Waals surface area contributed by atoms with Gasteiger partial charge < -0.3 is 9.16 Å². The van der Waals surface area contributed by atoms with E-state index >= 15 is 0 Å². The van der Waals surface area contributed by atoms with Crippen LogP contribution in [0.2, 0.25) is 18.1 Å². The zero-order chi connectivity index (χ0) is 22.4. The second-order valence-electron chi connectivity index (χ2n) is 9.54. The molecule has 0 N–H and O–H groups in total. The molecule has 0 radical (unpaired) electrons. The fourth-order valence-corrected chi connectivity index (χ4v) is 9.64. The van der Waals surface area contributed by atoms with Crippen LogP contribution in [0.25, 0.3) is 0 Å². The Morgan fingerprint density at radius 3 is 1.72 bits per heavy atom. The van der Waals surface area contributed by atoms with Gasteiger partial charge in [-0.2, -0.15) is 0 Å². The number of azo groups is 1. The van der Waals surface area contributed by atoms with Gasteiger partial charge in [0, 0.05) is 0 Å². The van der Waals surface area contributed by atoms with Gasteiger partial charge in [-0.1, -0.05) is 84.9 Å². The van der Waals surface area contributed by atoms with E-state index < -0.39 is 20.5 Å². The monoisotopic (exact) mass is 428 g/mol. The van der Waals surface area contributed by atoms with Gasteiger partial charge in [-0.05, 0) is 48.2 Å². The summed E-state index contributed by atoms with van der Waals surface area (Å²) in [5, 5.41) is 6.96. The molecule has 29 heavy (non-hydrogen) atoms. The standard InChI is InChI=1S/C22H44N2O4Si/c1-9-11-12-20(10-2)13-27-21(25)23-24-22(26)28-29(14-17(3)4,15-18(5)6)16-19(7)8/h17-20H,9-16H2,1-8H3. The van der Waals surface area contributed by atoms with Gasteiger partial charge in [-0.25, -0.2) is 9.59 Å². The largest absolute Gasteiger partial charge is 0.501 e. The molecular formula is C22H44N2O4Si. The maximum Gasteiger partial charge on any atom is 0.452 e. The van der Waals surface area contributed by atoms with Gasteiger partial charge in [0.15, 0.2) is 0 Å². The van der Waals surface area contributed by atoms with Crippen molar-refractivity contribution in [2.24, 2.45) is 33.9 Å². The lowest BCUT2D eigenvalue weighted by atomic mass is 10.0. The molecule has 1 atom stereocenters. The maximum atomic E-state index is 12.4. The minimum absolute atomic E-state index is 0.316. The number of ether oxygens (including phenoxy) is 1. The minimum atomic E-state index is -2.33. The van der Waals surface area contributed by atoms with Gasteiger partial charge in [0.1, 0.15) is 0 Å². The summed E-state index contributed by atoms with van der Waals surface area (Å²) in [6.07, 6.45) is 2.62. The van der Waals surface area contributed by atoms with Crippen molar-refractivity contribution in [3.63, 3.8) is 0 Å². The lowest BCUT2D eigenvalue weighted by Crippen LogP contribution is -2.43. The molecule has 0 aliphatic carbocycles. The van der Waals surface area contributed by atoms with Crippen molar-refractivity contribution >= 4 is 20.5 Å². The third kappa shape index (κ3) is 13.6. The van der Waals surface area contributed by atoms with Gasteiger partial charge in [-0.3, -0.25) is 0 Å². The van der Waals surface area contributed by atoms with E-state index in [0.717, 1.165) is 43.8 Å². The molecule has 0 saturated heterocycles. The summed E-state index contributed by atoms with van der Waals surface area (Å²) < 4.78 is 11.1. The van der Waals surface area contributed by atoms with Gasteiger partial charge in [0.05, 0.1) is 6.61 Å². The van der Waals surface area contributed by atoms with Crippen LogP contribution in [0.4, 0.5) is 9.59 Å². The van der Waals surface area contributed by atoms with E-state index in [1.165, 1.54) is 0 Å². The molecule has 0 rings (SSSR count). The molecule has 0 aromatic heterocycles. The molecule has 6 nitrogen and oxygen atoms in total. The molecule has 0 heterocycles. The summed E-state index contributed by atoms with van der Waals surface area (Å²) in [5.74, 6) is 1.62. The van der Waals surface area contributed by atoms with Gasteiger partial charge in [-0.15, -0.1) is 0 Å². The number of rotatable bonds is 13. The number of carbonyl (C=O) groups is 2. The molecule has 0 saturated carbocycles. The molecule has 2 amide bonds. The highest BCUT2D eigenvalue weighted by atomic mass is 28.4. The summed E-state index contributed by atoms with van der Waals surface area (Å²) in [7, 11) is -2.33. The first-order valence-corrected chi connectivity index (χ1v) is 13.9. The minimum Gasteiger partial charge on any atom is -0.501 e. The Balaban J connectivity index is 4.96. The van der Waals surface area contributed by atoms with Crippen molar-refractivity contribution in [2.75, 3.05) is 6.61 Å². The molecule has 7 heteroatoms. The fourth-order valence-electron chi connectivity index (χ4n) is 4.01. The smallest absolute Gasteiger partial charge is 0.452 e. The number of nitrogens with zero attached hydrogens (tertiary/aromatic N) is 2. The van der Waals surface area contributed by atoms with E-state index in [2.05, 4.69) is 65.6 Å². The summed E-state index contributed by atoms with van der Waals surface area (Å²) >= 11 is 0. The van der Waals surface area contributed by atoms with Crippen LogP contribution >= 0.6 is 0 Å². The van der Waals surface area contributed by atoms with Crippen LogP contribution < -0.4 is 0 Å². The quantitative estimate of drug-likeness (QED) is 0.221. The third-order valence-electron chi connectivity index (χ3n) is 4.84. The van der Waals surface area contributed by atoms with Crippen molar-refractivity contribution in [2.45, 2.75) is 99.2 Å². The summed E-state index contributed by atoms with van der Waals surface area (Å²) in [6, 6.07) is 2.68. The highest BCUT2D eigenvalue weighted by Gasteiger charge is 2.40. The van der Waals surface area contributed by atoms with Crippen LogP contribution in [0.3, 0.4) is 0 Å². The van der Waals surface area contributed by atoms with E-state index in [1.807, 2.05) is 0 Å². The summed E-state index contributed by atoms with van der Waals surface area (Å²) in [6.45, 7) is 17.4. The van der Waals surface area contributed by atoms with Crippen molar-refractivity contribution in [1.82, 2.24) is 0 Å². The zero-order valence-electron chi connectivity index (χ0n) is 20.0. The first-order chi connectivity index (χ1) is 13.5. The Kier molecular flexibility index (Phi) is 14.1. The number of carbonyl (C=O) groups excluding carboxylic acids is 2. The van der Waals surface area contributed by atoms with E-state index in [0.29, 0.717) is 30.3 Å². The predicted octanol–water partition coefficient (Wildman–Crippen LogP) is 7.84. The first-order valence-electron chi connectivity index (χ1n) is 11.3. The highest BCUT2D eigenvalue weighted by molar-refractivity contribution is 6.75. The van der Waals surface area contributed by atoms with Gasteiger partial charge in [0.25, 0.3) is 8.32 Å². The highest BCUT2D eigenvalue weighted by Crippen LogP contribution is 2.33. The SMILES string of the molecule is CCCCC(CC)COC(=O)N=NC(=O)O[Si](CC(C)C)(CC(C)C)CC(C)C. The molecule has 1 unspecified atom stereocenters. The first kappa shape index (κ1) is 27.8. The second-order valence-corrected chi connectivity index (χ2v) is 13.3. The Labute approximate surface area is 179 Å². The maximum absolute atomic E-state index is 12.4. The average Bonchev–Trinajstić information content (AvgIpc) is 2.57. The third-order valence-corrected chi connectivity index (χ3v) is 10.1. The molecule has 0 bridgehead atoms. The van der Waals surface area contributed by atoms with Crippen LogP contribution in [0.15, 0.2) is 10.2 Å². The molecule has 0 aliphatic heterocycles. The molecule has 0 aromatic carbocycles. The topological polar surface area (TPSA) is 77.3 Å². The lowest BCUT2D eigenvalue weighted by molar-refractivity contribution is 0.130. The number of hydrogen-bond donors (Lipinski definition) is 0. The van der Waals surface area contributed by atoms with Crippen molar-refractivity contribution in [3.05, 3.63) is 0 Å². The van der Waals surface area contributed by atoms with Crippen LogP contribution in [0.5, 0.6) is 0 Å². The Bertz CT molecular complexity index is 481. The average molecular weight is 429 g/mol. The molecule has 170 valence electrons. The van der Waals surface area contributed by atoms with E-state index in [-0.39, 0.29) is 0 Å². The summed E-state index contributed by atoms with van der Waals surface area (Å²) in [5.41, 5.74) is 0. The van der Waals surface area contributed by atoms with Gasteiger partial charge >= 0.3 is 12.2 Å². The van der Waals surface area contributed by atoms with Crippen LogP contribution in [0, 0.1) is 23.7 Å². The molecule has 0 aliphatic rings. The second kappa shape index (κ2) is 14.7. The normalized spacial score (nSPS) is 13.5. The Morgan fingerprint density at radius 2 is 1.31 bits per heavy atom. The van der Waals surface area contributed by atoms with E-state index in [4.69, 9.17) is 9.16 Å². The van der Waals surface area contributed by atoms with E-state index in [9.17, 15) is 9.59 Å². The molecular weight excluding hydrogens is 384 g/mol. The van der Waals surface area contributed by atoms with Crippen LogP contribution in [-0.2, 0) is 9.16 Å². The predicted molar refractivity (Wildman–Crippen MR) is 121 cm³/mol. The number of amides is 2. The lowest BCUT2D eigenvalue weighted by Gasteiger charge is -2.34. The van der Waals surface area contributed by atoms with Crippen LogP contribution in [0.1, 0.15) is 81.1 Å². The van der Waals surface area contributed by atoms with E-state index in [1.54, 1.807) is 0 Å². The Morgan fingerprint density at radius 1 is 0.828 bits per heavy atom. The molecule has 0 aromatic rings. The van der Waals surface area contributed by atoms with Crippen molar-refractivity contribution < 1.29 is 18.8 Å². The van der Waals surface area contributed by atoms with Crippen molar-refractivity contribution in [3.8, 4) is 0 Å². The summed E-state index contributed by atoms with van der Waals surface area (Å²) in [4.78, 5) is 24.2. The van der Waals surface area contributed by atoms with Crippen LogP contribution in [-0.4, -0.2) is 27.1 Å².